The van der Waals surface area contributed by atoms with Crippen molar-refractivity contribution in [3.05, 3.63) is 126 Å². The van der Waals surface area contributed by atoms with Gasteiger partial charge in [0.2, 0.25) is 0 Å². The molecule has 152 valence electrons. The van der Waals surface area contributed by atoms with Gasteiger partial charge in [-0.1, -0.05) is 66.3 Å². The summed E-state index contributed by atoms with van der Waals surface area (Å²) in [6.45, 7) is 2.07. The predicted molar refractivity (Wildman–Crippen MR) is 125 cm³/mol. The highest BCUT2D eigenvalue weighted by atomic mass is 16.5. The molecule has 4 rings (SSSR count). The first kappa shape index (κ1) is 20.3. The lowest BCUT2D eigenvalue weighted by Crippen LogP contribution is -2.13. The van der Waals surface area contributed by atoms with Crippen molar-refractivity contribution in [2.24, 2.45) is 4.99 Å². The number of hydroxylamine groups is 2. The number of rotatable bonds is 3. The molecule has 2 aliphatic rings. The fraction of sp³-hybridized carbons (Fsp3) is 0.0370. The molecule has 0 atom stereocenters. The molecule has 0 bridgehead atoms. The Bertz CT molecular complexity index is 1190. The van der Waals surface area contributed by atoms with Crippen LogP contribution in [0.4, 0.5) is 0 Å². The Hall–Kier alpha value is -4.02. The Morgan fingerprint density at radius 2 is 1.71 bits per heavy atom. The Balaban J connectivity index is 1.45. The number of carbonyl (C=O) groups is 1. The van der Waals surface area contributed by atoms with Gasteiger partial charge in [-0.15, -0.1) is 0 Å². The average Bonchev–Trinajstić information content (AvgIpc) is 2.79. The Labute approximate surface area is 181 Å². The molecule has 0 saturated heterocycles. The number of hydrogen-bond donors (Lipinski definition) is 1. The quantitative estimate of drug-likeness (QED) is 0.656. The summed E-state index contributed by atoms with van der Waals surface area (Å²) < 4.78 is 0. The van der Waals surface area contributed by atoms with Crippen LogP contribution in [0, 0.1) is 6.92 Å². The van der Waals surface area contributed by atoms with Crippen LogP contribution in [-0.2, 0) is 4.79 Å². The fourth-order valence-electron chi connectivity index (χ4n) is 3.27. The maximum atomic E-state index is 12.3. The SMILES string of the molecule is Cc1ccc(-c2cccc(C=CC(=O)N=C3C=CC(=C4C=CC=CN4O)C=C3)c2)cc1. The summed E-state index contributed by atoms with van der Waals surface area (Å²) >= 11 is 0. The number of aliphatic imine (C=N–C) groups is 1. The van der Waals surface area contributed by atoms with Crippen molar-refractivity contribution >= 4 is 17.7 Å². The third kappa shape index (κ3) is 5.13. The molecule has 2 aromatic rings. The van der Waals surface area contributed by atoms with E-state index in [0.29, 0.717) is 11.4 Å². The van der Waals surface area contributed by atoms with Crippen LogP contribution in [0.3, 0.4) is 0 Å². The van der Waals surface area contributed by atoms with Crippen molar-refractivity contribution in [2.75, 3.05) is 0 Å². The zero-order valence-electron chi connectivity index (χ0n) is 17.1. The number of aryl methyl sites for hydroxylation is 1. The second-order valence-electron chi connectivity index (χ2n) is 7.25. The summed E-state index contributed by atoms with van der Waals surface area (Å²) in [5, 5.41) is 11.0. The highest BCUT2D eigenvalue weighted by molar-refractivity contribution is 6.13. The van der Waals surface area contributed by atoms with E-state index in [1.54, 1.807) is 30.5 Å². The number of amides is 1. The fourth-order valence-corrected chi connectivity index (χ4v) is 3.27. The normalized spacial score (nSPS) is 15.3. The predicted octanol–water partition coefficient (Wildman–Crippen LogP) is 5.80. The van der Waals surface area contributed by atoms with Gasteiger partial charge in [-0.25, -0.2) is 10.1 Å². The Morgan fingerprint density at radius 3 is 2.45 bits per heavy atom. The summed E-state index contributed by atoms with van der Waals surface area (Å²) in [4.78, 5) is 16.4. The molecule has 2 aromatic carbocycles. The van der Waals surface area contributed by atoms with E-state index in [4.69, 9.17) is 0 Å². The maximum absolute atomic E-state index is 12.3. The number of allylic oxidation sites excluding steroid dienone is 8. The van der Waals surface area contributed by atoms with Crippen molar-refractivity contribution in [3.63, 3.8) is 0 Å². The van der Waals surface area contributed by atoms with Gasteiger partial charge in [0.25, 0.3) is 5.91 Å². The van der Waals surface area contributed by atoms with E-state index in [2.05, 4.69) is 42.2 Å². The van der Waals surface area contributed by atoms with E-state index >= 15 is 0 Å². The zero-order chi connectivity index (χ0) is 21.6. The molecule has 1 N–H and O–H groups in total. The highest BCUT2D eigenvalue weighted by Crippen LogP contribution is 2.22. The van der Waals surface area contributed by atoms with Gasteiger partial charge >= 0.3 is 0 Å². The number of nitrogens with zero attached hydrogens (tertiary/aromatic N) is 2. The van der Waals surface area contributed by atoms with Gasteiger partial charge in [0.1, 0.15) is 0 Å². The van der Waals surface area contributed by atoms with E-state index in [1.165, 1.54) is 11.6 Å². The number of carbonyl (C=O) groups excluding carboxylic acids is 1. The zero-order valence-corrected chi connectivity index (χ0v) is 17.1. The van der Waals surface area contributed by atoms with Gasteiger partial charge in [-0.2, -0.15) is 0 Å². The highest BCUT2D eigenvalue weighted by Gasteiger charge is 2.09. The molecule has 1 heterocycles. The largest absolute Gasteiger partial charge is 0.284 e. The third-order valence-corrected chi connectivity index (χ3v) is 4.93. The maximum Gasteiger partial charge on any atom is 0.270 e. The summed E-state index contributed by atoms with van der Waals surface area (Å²) in [6.07, 6.45) is 17.4. The molecular weight excluding hydrogens is 384 g/mol. The van der Waals surface area contributed by atoms with Crippen LogP contribution in [0.25, 0.3) is 17.2 Å². The van der Waals surface area contributed by atoms with Crippen molar-refractivity contribution < 1.29 is 10.0 Å². The van der Waals surface area contributed by atoms with E-state index in [9.17, 15) is 10.0 Å². The standard InChI is InChI=1S/C27H22N2O2/c1-20-8-11-22(12-9-20)24-6-4-5-21(19-24)10-17-27(30)28-25-15-13-23(14-16-25)26-7-2-3-18-29(26)31/h2-19,31H,1H3. The van der Waals surface area contributed by atoms with Gasteiger partial charge in [-0.3, -0.25) is 10.0 Å². The number of benzene rings is 2. The second kappa shape index (κ2) is 9.20. The van der Waals surface area contributed by atoms with Crippen LogP contribution in [0.15, 0.2) is 120 Å². The molecule has 1 aliphatic heterocycles. The molecule has 4 heteroatoms. The smallest absolute Gasteiger partial charge is 0.270 e. The van der Waals surface area contributed by atoms with Crippen molar-refractivity contribution in [2.45, 2.75) is 6.92 Å². The van der Waals surface area contributed by atoms with E-state index in [-0.39, 0.29) is 5.91 Å². The Kier molecular flexibility index (Phi) is 6.01. The molecule has 0 spiro atoms. The lowest BCUT2D eigenvalue weighted by atomic mass is 10.0. The van der Waals surface area contributed by atoms with Gasteiger partial charge in [0.05, 0.1) is 11.4 Å². The van der Waals surface area contributed by atoms with Crippen LogP contribution in [0.2, 0.25) is 0 Å². The van der Waals surface area contributed by atoms with Crippen LogP contribution in [-0.4, -0.2) is 21.9 Å². The second-order valence-corrected chi connectivity index (χ2v) is 7.25. The van der Waals surface area contributed by atoms with Gasteiger partial charge in [0, 0.05) is 17.8 Å². The summed E-state index contributed by atoms with van der Waals surface area (Å²) in [6, 6.07) is 16.4. The van der Waals surface area contributed by atoms with Crippen LogP contribution in [0.1, 0.15) is 11.1 Å². The molecule has 0 radical (unpaired) electrons. The first-order chi connectivity index (χ1) is 15.1. The van der Waals surface area contributed by atoms with Crippen LogP contribution in [0.5, 0.6) is 0 Å². The lowest BCUT2D eigenvalue weighted by Gasteiger charge is -2.18. The van der Waals surface area contributed by atoms with Gasteiger partial charge < -0.3 is 0 Å². The van der Waals surface area contributed by atoms with Crippen LogP contribution < -0.4 is 0 Å². The molecule has 31 heavy (non-hydrogen) atoms. The minimum Gasteiger partial charge on any atom is -0.284 e. The van der Waals surface area contributed by atoms with Crippen molar-refractivity contribution in [1.29, 1.82) is 0 Å². The lowest BCUT2D eigenvalue weighted by molar-refractivity contribution is -0.113. The summed E-state index contributed by atoms with van der Waals surface area (Å²) in [5.41, 5.74) is 6.45. The number of hydrogen-bond acceptors (Lipinski definition) is 3. The minimum absolute atomic E-state index is 0.328. The molecule has 0 saturated carbocycles. The monoisotopic (exact) mass is 406 g/mol. The first-order valence-corrected chi connectivity index (χ1v) is 10.00. The van der Waals surface area contributed by atoms with Gasteiger partial charge in [-0.05, 0) is 60.1 Å². The van der Waals surface area contributed by atoms with E-state index < -0.39 is 0 Å². The molecule has 1 amide bonds. The molecule has 0 unspecified atom stereocenters. The molecule has 0 fully saturated rings. The van der Waals surface area contributed by atoms with E-state index in [1.807, 2.05) is 42.5 Å². The average molecular weight is 406 g/mol. The molecule has 4 nitrogen and oxygen atoms in total. The minimum atomic E-state index is -0.328. The van der Waals surface area contributed by atoms with Crippen molar-refractivity contribution in [3.8, 4) is 11.1 Å². The summed E-state index contributed by atoms with van der Waals surface area (Å²) in [5.74, 6) is -0.328. The van der Waals surface area contributed by atoms with Crippen LogP contribution >= 0.6 is 0 Å². The Morgan fingerprint density at radius 1 is 0.935 bits per heavy atom. The molecule has 0 aromatic heterocycles. The third-order valence-electron chi connectivity index (χ3n) is 4.93. The van der Waals surface area contributed by atoms with Crippen molar-refractivity contribution in [1.82, 2.24) is 5.06 Å². The molecular formula is C27H22N2O2. The van der Waals surface area contributed by atoms with Gasteiger partial charge in [0.15, 0.2) is 0 Å². The topological polar surface area (TPSA) is 52.9 Å². The summed E-state index contributed by atoms with van der Waals surface area (Å²) in [7, 11) is 0. The molecule has 1 aliphatic carbocycles. The first-order valence-electron chi connectivity index (χ1n) is 10.00. The van der Waals surface area contributed by atoms with E-state index in [0.717, 1.165) is 27.3 Å².